The van der Waals surface area contributed by atoms with Crippen LogP contribution in [0.15, 0.2) is 105 Å². The van der Waals surface area contributed by atoms with Crippen LogP contribution in [0, 0.1) is 0 Å². The molecule has 0 aliphatic carbocycles. The fourth-order valence-electron chi connectivity index (χ4n) is 7.63. The van der Waals surface area contributed by atoms with Gasteiger partial charge < -0.3 is 26.6 Å². The summed E-state index contributed by atoms with van der Waals surface area (Å²) in [7, 11) is -8.75. The summed E-state index contributed by atoms with van der Waals surface area (Å²) in [4.78, 5) is 42.8. The van der Waals surface area contributed by atoms with Gasteiger partial charge in [-0.05, 0) is 94.5 Å². The van der Waals surface area contributed by atoms with E-state index in [0.717, 1.165) is 15.6 Å². The van der Waals surface area contributed by atoms with Crippen molar-refractivity contribution in [1.29, 1.82) is 0 Å². The number of hydrogen-bond acceptors (Lipinski definition) is 9. The molecule has 57 heavy (non-hydrogen) atoms. The van der Waals surface area contributed by atoms with Gasteiger partial charge in [-0.1, -0.05) is 91.0 Å². The topological polar surface area (TPSA) is 121 Å². The average molecular weight is 838 g/mol. The van der Waals surface area contributed by atoms with Crippen LogP contribution in [0.25, 0.3) is 0 Å². The lowest BCUT2D eigenvalue weighted by Gasteiger charge is -2.31. The van der Waals surface area contributed by atoms with Crippen LogP contribution in [-0.2, 0) is 46.2 Å². The van der Waals surface area contributed by atoms with Gasteiger partial charge in [0.1, 0.15) is 0 Å². The molecule has 1 aromatic heterocycles. The quantitative estimate of drug-likeness (QED) is 0.0794. The Labute approximate surface area is 341 Å². The highest BCUT2D eigenvalue weighted by Gasteiger charge is 2.41. The van der Waals surface area contributed by atoms with E-state index in [1.807, 2.05) is 133 Å². The molecule has 0 amide bonds. The Hall–Kier alpha value is -3.52. The second-order valence-corrected chi connectivity index (χ2v) is 23.0. The van der Waals surface area contributed by atoms with Crippen LogP contribution in [0.4, 0.5) is 0 Å². The summed E-state index contributed by atoms with van der Waals surface area (Å²) in [5.41, 5.74) is -1.88. The van der Waals surface area contributed by atoms with E-state index in [-0.39, 0.29) is 19.6 Å². The lowest BCUT2D eigenvalue weighted by molar-refractivity contribution is 0.194. The van der Waals surface area contributed by atoms with E-state index in [1.54, 1.807) is 0 Å². The Kier molecular flexibility index (Phi) is 18.8. The molecule has 15 heteroatoms. The van der Waals surface area contributed by atoms with Crippen molar-refractivity contribution >= 4 is 41.2 Å². The molecular weight excluding hydrogens is 775 g/mol. The number of benzene rings is 3. The molecule has 1 heterocycles. The van der Waals surface area contributed by atoms with E-state index in [2.05, 4.69) is 0 Å². The molecule has 12 nitrogen and oxygen atoms in total. The molecule has 312 valence electrons. The Balaban J connectivity index is 1.71. The van der Waals surface area contributed by atoms with Gasteiger partial charge in [0.05, 0.1) is 0 Å². The first-order chi connectivity index (χ1) is 27.7. The van der Waals surface area contributed by atoms with Gasteiger partial charge in [0.2, 0.25) is 0 Å². The third-order valence-electron chi connectivity index (χ3n) is 9.95. The predicted molar refractivity (Wildman–Crippen MR) is 233 cm³/mol. The molecule has 4 aromatic rings. The largest absolute Gasteiger partial charge is 0.391 e. The average Bonchev–Trinajstić information content (AvgIpc) is 3.23. The zero-order valence-corrected chi connectivity index (χ0v) is 37.8. The molecule has 4 rings (SSSR count). The molecule has 0 saturated heterocycles. The smallest absolute Gasteiger partial charge is 0.372 e. The van der Waals surface area contributed by atoms with E-state index in [9.17, 15) is 14.4 Å². The number of rotatable bonds is 27. The molecule has 0 radical (unpaired) electrons. The summed E-state index contributed by atoms with van der Waals surface area (Å²) in [6, 6.07) is 31.3. The molecule has 0 saturated carbocycles. The normalized spacial score (nSPS) is 12.3. The molecule has 0 aliphatic rings. The third-order valence-corrected chi connectivity index (χ3v) is 21.2. The molecule has 0 N–H and O–H groups in total. The van der Waals surface area contributed by atoms with Crippen molar-refractivity contribution in [3.8, 4) is 0 Å². The highest BCUT2D eigenvalue weighted by molar-refractivity contribution is 6.82. The summed E-state index contributed by atoms with van der Waals surface area (Å²) < 4.78 is 42.0. The highest BCUT2D eigenvalue weighted by Crippen LogP contribution is 2.20. The number of hydrogen-bond donors (Lipinski definition) is 0. The second kappa shape index (κ2) is 23.2. The fourth-order valence-corrected chi connectivity index (χ4v) is 17.4. The first-order valence-corrected chi connectivity index (χ1v) is 26.7. The fraction of sp³-hybridized carbons (Fsp3) is 0.500. The van der Waals surface area contributed by atoms with Crippen molar-refractivity contribution in [3.63, 3.8) is 0 Å². The minimum atomic E-state index is -2.92. The molecule has 0 atom stereocenters. The molecule has 0 aliphatic heterocycles. The SMILES string of the molecule is CCO[Si](CCCn1c(=O)n(CCC[Si](OCC)(OCC)c2ccccc2)c(=O)n(CCC[Si](OCC)(OCC)c2ccccc2)c1=O)(OCC)c1ccccc1. The second-order valence-electron chi connectivity index (χ2n) is 13.6. The van der Waals surface area contributed by atoms with E-state index in [0.29, 0.717) is 77.0 Å². The van der Waals surface area contributed by atoms with Gasteiger partial charge in [-0.15, -0.1) is 0 Å². The standard InChI is InChI=1S/C42H63N3O9Si3/c1-7-49-55(50-8-2,37-25-16-13-17-26-37)34-22-31-43-40(46)44(32-23-35-56(51-9-3,52-10-4)38-27-18-14-19-28-38)42(48)45(41(43)47)33-24-36-57(53-11-5,54-12-6)39-29-20-15-21-30-39/h13-21,25-30H,7-12,22-24,31-36H2,1-6H3. The van der Waals surface area contributed by atoms with Crippen molar-refractivity contribution in [3.05, 3.63) is 122 Å². The first-order valence-electron chi connectivity index (χ1n) is 20.6. The Morgan fingerprint density at radius 3 is 0.772 bits per heavy atom. The van der Waals surface area contributed by atoms with Crippen LogP contribution in [0.2, 0.25) is 18.1 Å². The van der Waals surface area contributed by atoms with E-state index in [4.69, 9.17) is 26.6 Å². The summed E-state index contributed by atoms with van der Waals surface area (Å²) in [6.07, 6.45) is 1.31. The van der Waals surface area contributed by atoms with Crippen LogP contribution in [0.5, 0.6) is 0 Å². The molecule has 0 spiro atoms. The predicted octanol–water partition coefficient (Wildman–Crippen LogP) is 4.61. The van der Waals surface area contributed by atoms with Crippen molar-refractivity contribution in [2.75, 3.05) is 39.6 Å². The van der Waals surface area contributed by atoms with E-state index >= 15 is 0 Å². The molecule has 0 unspecified atom stereocenters. The Bertz CT molecular complexity index is 1670. The molecule has 0 bridgehead atoms. The maximum absolute atomic E-state index is 14.3. The zero-order valence-electron chi connectivity index (χ0n) is 34.8. The Morgan fingerprint density at radius 2 is 0.579 bits per heavy atom. The zero-order chi connectivity index (χ0) is 41.2. The summed E-state index contributed by atoms with van der Waals surface area (Å²) >= 11 is 0. The van der Waals surface area contributed by atoms with E-state index in [1.165, 1.54) is 13.7 Å². The van der Waals surface area contributed by atoms with Gasteiger partial charge in [0.15, 0.2) is 0 Å². The van der Waals surface area contributed by atoms with Gasteiger partial charge in [0.25, 0.3) is 0 Å². The van der Waals surface area contributed by atoms with Crippen molar-refractivity contribution < 1.29 is 26.6 Å². The van der Waals surface area contributed by atoms with Crippen molar-refractivity contribution in [1.82, 2.24) is 13.7 Å². The summed E-state index contributed by atoms with van der Waals surface area (Å²) in [6.45, 7) is 14.8. The highest BCUT2D eigenvalue weighted by atomic mass is 28.4. The maximum atomic E-state index is 14.3. The van der Waals surface area contributed by atoms with Gasteiger partial charge in [-0.3, -0.25) is 0 Å². The van der Waals surface area contributed by atoms with Gasteiger partial charge >= 0.3 is 42.8 Å². The van der Waals surface area contributed by atoms with Gasteiger partial charge in [0, 0.05) is 59.3 Å². The number of nitrogens with zero attached hydrogens (tertiary/aromatic N) is 3. The monoisotopic (exact) mass is 837 g/mol. The van der Waals surface area contributed by atoms with Crippen molar-refractivity contribution in [2.24, 2.45) is 0 Å². The molecule has 3 aromatic carbocycles. The number of aromatic nitrogens is 3. The van der Waals surface area contributed by atoms with Gasteiger partial charge in [-0.2, -0.15) is 0 Å². The third kappa shape index (κ3) is 11.6. The molecular formula is C42H63N3O9Si3. The molecule has 0 fully saturated rings. The summed E-state index contributed by atoms with van der Waals surface area (Å²) in [5.74, 6) is 0. The first kappa shape index (κ1) is 46.2. The lowest BCUT2D eigenvalue weighted by Crippen LogP contribution is -2.57. The summed E-state index contributed by atoms with van der Waals surface area (Å²) in [5, 5.41) is 2.98. The lowest BCUT2D eigenvalue weighted by atomic mass is 10.4. The van der Waals surface area contributed by atoms with E-state index < -0.39 is 42.8 Å². The van der Waals surface area contributed by atoms with Crippen LogP contribution < -0.4 is 32.6 Å². The Morgan fingerprint density at radius 1 is 0.368 bits per heavy atom. The van der Waals surface area contributed by atoms with Crippen LogP contribution in [-0.4, -0.2) is 79.0 Å². The minimum Gasteiger partial charge on any atom is -0.391 e. The van der Waals surface area contributed by atoms with Crippen LogP contribution >= 0.6 is 0 Å². The van der Waals surface area contributed by atoms with Crippen molar-refractivity contribution in [2.45, 2.75) is 98.6 Å². The van der Waals surface area contributed by atoms with Crippen LogP contribution in [0.3, 0.4) is 0 Å². The van der Waals surface area contributed by atoms with Crippen LogP contribution in [0.1, 0.15) is 60.8 Å². The van der Waals surface area contributed by atoms with Gasteiger partial charge in [-0.25, -0.2) is 28.1 Å². The maximum Gasteiger partial charge on any atom is 0.372 e. The minimum absolute atomic E-state index is 0.0981.